The SMILES string of the molecule is N#CC1CN(S(=O)(=O)c2cccc(C#CCO)c2)CCO1. The molecule has 21 heavy (non-hydrogen) atoms. The van der Waals surface area contributed by atoms with Gasteiger partial charge in [-0.3, -0.25) is 0 Å². The number of nitrogens with zero attached hydrogens (tertiary/aromatic N) is 2. The van der Waals surface area contributed by atoms with Crippen molar-refractivity contribution in [1.82, 2.24) is 4.31 Å². The molecule has 1 heterocycles. The average molecular weight is 306 g/mol. The molecule has 0 bridgehead atoms. The smallest absolute Gasteiger partial charge is 0.243 e. The Morgan fingerprint density at radius 1 is 1.48 bits per heavy atom. The van der Waals surface area contributed by atoms with Crippen molar-refractivity contribution >= 4 is 10.0 Å². The van der Waals surface area contributed by atoms with Crippen LogP contribution >= 0.6 is 0 Å². The van der Waals surface area contributed by atoms with Crippen LogP contribution in [0.3, 0.4) is 0 Å². The van der Waals surface area contributed by atoms with E-state index in [1.54, 1.807) is 12.1 Å². The van der Waals surface area contributed by atoms with Gasteiger partial charge in [0.25, 0.3) is 0 Å². The molecule has 1 saturated heterocycles. The number of ether oxygens (including phenoxy) is 1. The molecule has 0 saturated carbocycles. The van der Waals surface area contributed by atoms with Gasteiger partial charge in [-0.15, -0.1) is 0 Å². The summed E-state index contributed by atoms with van der Waals surface area (Å²) in [6.07, 6.45) is -0.745. The summed E-state index contributed by atoms with van der Waals surface area (Å²) in [4.78, 5) is 0.117. The van der Waals surface area contributed by atoms with E-state index in [1.165, 1.54) is 16.4 Å². The van der Waals surface area contributed by atoms with E-state index in [1.807, 2.05) is 6.07 Å². The van der Waals surface area contributed by atoms with Crippen molar-refractivity contribution < 1.29 is 18.3 Å². The fourth-order valence-corrected chi connectivity index (χ4v) is 3.42. The fraction of sp³-hybridized carbons (Fsp3) is 0.357. The molecule has 1 aromatic carbocycles. The van der Waals surface area contributed by atoms with Crippen molar-refractivity contribution in [1.29, 1.82) is 5.26 Å². The number of hydrogen-bond donors (Lipinski definition) is 1. The van der Waals surface area contributed by atoms with Crippen molar-refractivity contribution in [2.45, 2.75) is 11.0 Å². The Labute approximate surface area is 123 Å². The Balaban J connectivity index is 2.29. The van der Waals surface area contributed by atoms with E-state index >= 15 is 0 Å². The second-order valence-corrected chi connectivity index (χ2v) is 6.28. The number of benzene rings is 1. The van der Waals surface area contributed by atoms with Crippen LogP contribution in [0.2, 0.25) is 0 Å². The van der Waals surface area contributed by atoms with Gasteiger partial charge >= 0.3 is 0 Å². The molecule has 1 unspecified atom stereocenters. The summed E-state index contributed by atoms with van der Waals surface area (Å²) in [5, 5.41) is 17.5. The first-order valence-corrected chi connectivity index (χ1v) is 7.73. The zero-order chi connectivity index (χ0) is 15.3. The number of morpholine rings is 1. The van der Waals surface area contributed by atoms with Gasteiger partial charge in [0.05, 0.1) is 24.1 Å². The second kappa shape index (κ2) is 6.70. The van der Waals surface area contributed by atoms with Crippen molar-refractivity contribution in [3.63, 3.8) is 0 Å². The predicted molar refractivity (Wildman–Crippen MR) is 74.5 cm³/mol. The van der Waals surface area contributed by atoms with Gasteiger partial charge in [-0.25, -0.2) is 8.42 Å². The maximum Gasteiger partial charge on any atom is 0.243 e. The van der Waals surface area contributed by atoms with Crippen LogP contribution in [0.5, 0.6) is 0 Å². The normalized spacial score (nSPS) is 19.3. The standard InChI is InChI=1S/C14H14N2O4S/c15-10-13-11-16(6-8-20-13)21(18,19)14-5-1-3-12(9-14)4-2-7-17/h1,3,5,9,13,17H,6-8,11H2. The largest absolute Gasteiger partial charge is 0.384 e. The molecule has 0 amide bonds. The first-order chi connectivity index (χ1) is 10.1. The highest BCUT2D eigenvalue weighted by Crippen LogP contribution is 2.19. The third kappa shape index (κ3) is 3.60. The summed E-state index contributed by atoms with van der Waals surface area (Å²) in [7, 11) is -3.68. The van der Waals surface area contributed by atoms with Crippen LogP contribution < -0.4 is 0 Å². The molecule has 7 heteroatoms. The Kier molecular flexibility index (Phi) is 4.94. The lowest BCUT2D eigenvalue weighted by molar-refractivity contribution is 0.0311. The van der Waals surface area contributed by atoms with E-state index in [4.69, 9.17) is 15.1 Å². The summed E-state index contributed by atoms with van der Waals surface area (Å²) in [5.74, 6) is 5.14. The molecule has 0 radical (unpaired) electrons. The maximum absolute atomic E-state index is 12.5. The molecule has 1 aliphatic heterocycles. The van der Waals surface area contributed by atoms with Crippen molar-refractivity contribution in [3.8, 4) is 17.9 Å². The van der Waals surface area contributed by atoms with Gasteiger partial charge in [0, 0.05) is 12.1 Å². The van der Waals surface area contributed by atoms with Crippen LogP contribution in [0.25, 0.3) is 0 Å². The van der Waals surface area contributed by atoms with Crippen LogP contribution in [0.1, 0.15) is 5.56 Å². The summed E-state index contributed by atoms with van der Waals surface area (Å²) in [5.41, 5.74) is 0.509. The third-order valence-corrected chi connectivity index (χ3v) is 4.82. The van der Waals surface area contributed by atoms with Gasteiger partial charge in [0.1, 0.15) is 6.61 Å². The van der Waals surface area contributed by atoms with E-state index in [2.05, 4.69) is 11.8 Å². The molecular weight excluding hydrogens is 292 g/mol. The lowest BCUT2D eigenvalue weighted by atomic mass is 10.2. The molecule has 1 atom stereocenters. The highest BCUT2D eigenvalue weighted by molar-refractivity contribution is 7.89. The Hall–Kier alpha value is -1.90. The number of hydrogen-bond acceptors (Lipinski definition) is 5. The molecule has 0 spiro atoms. The average Bonchev–Trinajstić information content (AvgIpc) is 2.53. The number of nitriles is 1. The van der Waals surface area contributed by atoms with E-state index in [0.717, 1.165) is 0 Å². The number of aliphatic hydroxyl groups excluding tert-OH is 1. The molecule has 1 aromatic rings. The second-order valence-electron chi connectivity index (χ2n) is 4.34. The van der Waals surface area contributed by atoms with Gasteiger partial charge in [-0.2, -0.15) is 9.57 Å². The predicted octanol–water partition coefficient (Wildman–Crippen LogP) is -0.0565. The highest BCUT2D eigenvalue weighted by atomic mass is 32.2. The van der Waals surface area contributed by atoms with Gasteiger partial charge < -0.3 is 9.84 Å². The zero-order valence-electron chi connectivity index (χ0n) is 11.2. The lowest BCUT2D eigenvalue weighted by Crippen LogP contribution is -2.45. The molecule has 0 aliphatic carbocycles. The highest BCUT2D eigenvalue weighted by Gasteiger charge is 2.30. The van der Waals surface area contributed by atoms with Crippen molar-refractivity contribution in [3.05, 3.63) is 29.8 Å². The maximum atomic E-state index is 12.5. The first kappa shape index (κ1) is 15.5. The van der Waals surface area contributed by atoms with Crippen molar-refractivity contribution in [2.75, 3.05) is 26.3 Å². The molecule has 1 fully saturated rings. The Morgan fingerprint density at radius 2 is 2.29 bits per heavy atom. The van der Waals surface area contributed by atoms with Crippen LogP contribution in [0.15, 0.2) is 29.2 Å². The molecular formula is C14H14N2O4S. The summed E-state index contributed by atoms with van der Waals surface area (Å²) < 4.78 is 31.5. The molecule has 110 valence electrons. The quantitative estimate of drug-likeness (QED) is 0.773. The molecule has 0 aromatic heterocycles. The van der Waals surface area contributed by atoms with E-state index in [0.29, 0.717) is 5.56 Å². The van der Waals surface area contributed by atoms with Gasteiger partial charge in [0.15, 0.2) is 6.10 Å². The van der Waals surface area contributed by atoms with E-state index in [-0.39, 0.29) is 31.2 Å². The fourth-order valence-electron chi connectivity index (χ4n) is 1.95. The summed E-state index contributed by atoms with van der Waals surface area (Å²) in [6, 6.07) is 8.11. The minimum Gasteiger partial charge on any atom is -0.384 e. The van der Waals surface area contributed by atoms with Crippen LogP contribution in [0.4, 0.5) is 0 Å². The Morgan fingerprint density at radius 3 is 3.00 bits per heavy atom. The van der Waals surface area contributed by atoms with E-state index in [9.17, 15) is 8.42 Å². The minimum atomic E-state index is -3.68. The molecule has 6 nitrogen and oxygen atoms in total. The van der Waals surface area contributed by atoms with Crippen LogP contribution in [-0.2, 0) is 14.8 Å². The minimum absolute atomic E-state index is 0.0192. The number of rotatable bonds is 2. The van der Waals surface area contributed by atoms with E-state index < -0.39 is 16.1 Å². The van der Waals surface area contributed by atoms with Crippen LogP contribution in [-0.4, -0.2) is 50.2 Å². The zero-order valence-corrected chi connectivity index (χ0v) is 12.0. The van der Waals surface area contributed by atoms with Crippen LogP contribution in [0, 0.1) is 23.2 Å². The summed E-state index contributed by atoms with van der Waals surface area (Å²) in [6.45, 7) is 0.143. The van der Waals surface area contributed by atoms with Crippen molar-refractivity contribution in [2.24, 2.45) is 0 Å². The molecule has 1 aliphatic rings. The van der Waals surface area contributed by atoms with Gasteiger partial charge in [0.2, 0.25) is 10.0 Å². The number of sulfonamides is 1. The Bertz CT molecular complexity index is 712. The molecule has 1 N–H and O–H groups in total. The first-order valence-electron chi connectivity index (χ1n) is 6.29. The summed E-state index contributed by atoms with van der Waals surface area (Å²) >= 11 is 0. The van der Waals surface area contributed by atoms with Gasteiger partial charge in [-0.05, 0) is 18.2 Å². The lowest BCUT2D eigenvalue weighted by Gasteiger charge is -2.28. The topological polar surface area (TPSA) is 90.6 Å². The third-order valence-electron chi connectivity index (χ3n) is 2.96. The molecule has 2 rings (SSSR count). The number of aliphatic hydroxyl groups is 1. The monoisotopic (exact) mass is 306 g/mol. The van der Waals surface area contributed by atoms with Gasteiger partial charge in [-0.1, -0.05) is 17.9 Å².